The second-order valence-corrected chi connectivity index (χ2v) is 6.15. The summed E-state index contributed by atoms with van der Waals surface area (Å²) in [5.74, 6) is 1.97. The maximum Gasteiger partial charge on any atom is 0.109 e. The highest BCUT2D eigenvalue weighted by Gasteiger charge is 2.23. The van der Waals surface area contributed by atoms with Crippen molar-refractivity contribution in [3.8, 4) is 0 Å². The van der Waals surface area contributed by atoms with E-state index in [2.05, 4.69) is 40.7 Å². The standard InChI is InChI=1S/C16H30N4/c1-4-10-20-11-5-6-15(13-20)14(2)17-8-7-16-18-9-12-19(16)3/h9,12,14-15,17H,4-8,10-11,13H2,1-3H3. The molecular weight excluding hydrogens is 248 g/mol. The quantitative estimate of drug-likeness (QED) is 0.829. The van der Waals surface area contributed by atoms with Gasteiger partial charge >= 0.3 is 0 Å². The molecule has 2 heterocycles. The Hall–Kier alpha value is -0.870. The topological polar surface area (TPSA) is 33.1 Å². The Bertz CT molecular complexity index is 386. The zero-order valence-electron chi connectivity index (χ0n) is 13.3. The molecule has 1 N–H and O–H groups in total. The summed E-state index contributed by atoms with van der Waals surface area (Å²) in [7, 11) is 2.07. The second kappa shape index (κ2) is 7.79. The average molecular weight is 278 g/mol. The van der Waals surface area contributed by atoms with E-state index in [9.17, 15) is 0 Å². The van der Waals surface area contributed by atoms with Crippen LogP contribution in [0.2, 0.25) is 0 Å². The lowest BCUT2D eigenvalue weighted by molar-refractivity contribution is 0.151. The van der Waals surface area contributed by atoms with Crippen molar-refractivity contribution in [1.29, 1.82) is 0 Å². The molecule has 1 aromatic rings. The molecule has 114 valence electrons. The third-order valence-electron chi connectivity index (χ3n) is 4.52. The second-order valence-electron chi connectivity index (χ2n) is 6.15. The molecule has 1 aromatic heterocycles. The van der Waals surface area contributed by atoms with Gasteiger partial charge in [-0.2, -0.15) is 0 Å². The van der Waals surface area contributed by atoms with Crippen LogP contribution in [0.25, 0.3) is 0 Å². The van der Waals surface area contributed by atoms with Crippen molar-refractivity contribution >= 4 is 0 Å². The minimum Gasteiger partial charge on any atom is -0.338 e. The monoisotopic (exact) mass is 278 g/mol. The highest BCUT2D eigenvalue weighted by molar-refractivity contribution is 4.92. The van der Waals surface area contributed by atoms with Crippen molar-refractivity contribution in [2.75, 3.05) is 26.2 Å². The van der Waals surface area contributed by atoms with E-state index in [4.69, 9.17) is 0 Å². The van der Waals surface area contributed by atoms with Crippen LogP contribution >= 0.6 is 0 Å². The molecule has 1 aliphatic heterocycles. The lowest BCUT2D eigenvalue weighted by Gasteiger charge is -2.36. The van der Waals surface area contributed by atoms with Gasteiger partial charge < -0.3 is 14.8 Å². The number of nitrogens with zero attached hydrogens (tertiary/aromatic N) is 3. The molecule has 1 saturated heterocycles. The normalized spacial score (nSPS) is 22.1. The van der Waals surface area contributed by atoms with Gasteiger partial charge in [-0.3, -0.25) is 0 Å². The van der Waals surface area contributed by atoms with Crippen molar-refractivity contribution in [2.24, 2.45) is 13.0 Å². The van der Waals surface area contributed by atoms with Crippen molar-refractivity contribution in [2.45, 2.75) is 45.6 Å². The third-order valence-corrected chi connectivity index (χ3v) is 4.52. The first kappa shape index (κ1) is 15.5. The molecule has 2 unspecified atom stereocenters. The fraction of sp³-hybridized carbons (Fsp3) is 0.812. The number of aromatic nitrogens is 2. The maximum absolute atomic E-state index is 4.38. The van der Waals surface area contributed by atoms with Gasteiger partial charge in [-0.15, -0.1) is 0 Å². The van der Waals surface area contributed by atoms with Crippen molar-refractivity contribution < 1.29 is 0 Å². The van der Waals surface area contributed by atoms with Crippen LogP contribution < -0.4 is 5.32 Å². The Balaban J connectivity index is 1.71. The molecule has 4 heteroatoms. The molecular formula is C16H30N4. The van der Waals surface area contributed by atoms with E-state index in [1.807, 2.05) is 12.4 Å². The van der Waals surface area contributed by atoms with Crippen LogP contribution in [0, 0.1) is 5.92 Å². The predicted molar refractivity (Wildman–Crippen MR) is 83.8 cm³/mol. The van der Waals surface area contributed by atoms with Crippen molar-refractivity contribution in [3.05, 3.63) is 18.2 Å². The molecule has 0 aromatic carbocycles. The van der Waals surface area contributed by atoms with Crippen LogP contribution in [0.5, 0.6) is 0 Å². The minimum absolute atomic E-state index is 0.606. The van der Waals surface area contributed by atoms with Crippen LogP contribution in [0.3, 0.4) is 0 Å². The van der Waals surface area contributed by atoms with Gasteiger partial charge in [-0.25, -0.2) is 4.98 Å². The highest BCUT2D eigenvalue weighted by atomic mass is 15.1. The molecule has 1 fully saturated rings. The Kier molecular flexibility index (Phi) is 6.05. The molecule has 0 saturated carbocycles. The van der Waals surface area contributed by atoms with Gasteiger partial charge in [-0.1, -0.05) is 6.92 Å². The molecule has 0 bridgehead atoms. The van der Waals surface area contributed by atoms with E-state index in [-0.39, 0.29) is 0 Å². The lowest BCUT2D eigenvalue weighted by atomic mass is 9.91. The largest absolute Gasteiger partial charge is 0.338 e. The fourth-order valence-corrected chi connectivity index (χ4v) is 3.23. The third kappa shape index (κ3) is 4.32. The first-order valence-corrected chi connectivity index (χ1v) is 8.12. The summed E-state index contributed by atoms with van der Waals surface area (Å²) >= 11 is 0. The zero-order valence-corrected chi connectivity index (χ0v) is 13.3. The number of nitrogens with one attached hydrogen (secondary N) is 1. The van der Waals surface area contributed by atoms with Crippen molar-refractivity contribution in [1.82, 2.24) is 19.8 Å². The Morgan fingerprint density at radius 1 is 1.50 bits per heavy atom. The number of aryl methyl sites for hydroxylation is 1. The molecule has 0 amide bonds. The molecule has 0 spiro atoms. The van der Waals surface area contributed by atoms with Crippen LogP contribution in [0.1, 0.15) is 38.9 Å². The lowest BCUT2D eigenvalue weighted by Crippen LogP contribution is -2.45. The first-order chi connectivity index (χ1) is 9.70. The minimum atomic E-state index is 0.606. The summed E-state index contributed by atoms with van der Waals surface area (Å²) in [6.07, 6.45) is 8.91. The van der Waals surface area contributed by atoms with Gasteiger partial charge in [-0.05, 0) is 45.2 Å². The Morgan fingerprint density at radius 3 is 3.05 bits per heavy atom. The molecule has 20 heavy (non-hydrogen) atoms. The summed E-state index contributed by atoms with van der Waals surface area (Å²) in [5, 5.41) is 3.70. The van der Waals surface area contributed by atoms with E-state index < -0.39 is 0 Å². The van der Waals surface area contributed by atoms with Gasteiger partial charge in [0.1, 0.15) is 5.82 Å². The number of rotatable bonds is 7. The number of hydrogen-bond acceptors (Lipinski definition) is 3. The first-order valence-electron chi connectivity index (χ1n) is 8.12. The molecule has 2 atom stereocenters. The van der Waals surface area contributed by atoms with E-state index >= 15 is 0 Å². The summed E-state index contributed by atoms with van der Waals surface area (Å²) in [6.45, 7) is 9.47. The fourth-order valence-electron chi connectivity index (χ4n) is 3.23. The molecule has 4 nitrogen and oxygen atoms in total. The number of piperidine rings is 1. The number of hydrogen-bond donors (Lipinski definition) is 1. The predicted octanol–water partition coefficient (Wildman–Crippen LogP) is 2.06. The molecule has 1 aliphatic rings. The van der Waals surface area contributed by atoms with Crippen LogP contribution in [-0.4, -0.2) is 46.7 Å². The average Bonchev–Trinajstić information content (AvgIpc) is 2.85. The summed E-state index contributed by atoms with van der Waals surface area (Å²) in [5.41, 5.74) is 0. The van der Waals surface area contributed by atoms with E-state index in [1.54, 1.807) is 0 Å². The summed E-state index contributed by atoms with van der Waals surface area (Å²) in [4.78, 5) is 7.01. The van der Waals surface area contributed by atoms with Crippen LogP contribution in [-0.2, 0) is 13.5 Å². The summed E-state index contributed by atoms with van der Waals surface area (Å²) < 4.78 is 2.11. The maximum atomic E-state index is 4.38. The smallest absolute Gasteiger partial charge is 0.109 e. The number of likely N-dealkylation sites (tertiary alicyclic amines) is 1. The molecule has 2 rings (SSSR count). The van der Waals surface area contributed by atoms with E-state index in [1.165, 1.54) is 44.7 Å². The Morgan fingerprint density at radius 2 is 2.35 bits per heavy atom. The highest BCUT2D eigenvalue weighted by Crippen LogP contribution is 2.19. The summed E-state index contributed by atoms with van der Waals surface area (Å²) in [6, 6.07) is 0.606. The van der Waals surface area contributed by atoms with Crippen LogP contribution in [0.4, 0.5) is 0 Å². The molecule has 0 radical (unpaired) electrons. The van der Waals surface area contributed by atoms with Gasteiger partial charge in [0.15, 0.2) is 0 Å². The molecule has 0 aliphatic carbocycles. The van der Waals surface area contributed by atoms with Gasteiger partial charge in [0.2, 0.25) is 0 Å². The van der Waals surface area contributed by atoms with Crippen LogP contribution in [0.15, 0.2) is 12.4 Å². The van der Waals surface area contributed by atoms with Gasteiger partial charge in [0.05, 0.1) is 0 Å². The Labute approximate surface area is 123 Å². The van der Waals surface area contributed by atoms with Crippen molar-refractivity contribution in [3.63, 3.8) is 0 Å². The SMILES string of the molecule is CCCN1CCCC(C(C)NCCc2nccn2C)C1. The number of imidazole rings is 1. The van der Waals surface area contributed by atoms with Gasteiger partial charge in [0, 0.05) is 45.0 Å². The zero-order chi connectivity index (χ0) is 14.4. The van der Waals surface area contributed by atoms with E-state index in [0.29, 0.717) is 6.04 Å². The van der Waals surface area contributed by atoms with E-state index in [0.717, 1.165) is 18.9 Å². The van der Waals surface area contributed by atoms with Gasteiger partial charge in [0.25, 0.3) is 0 Å².